The number of nitrogens with one attached hydrogen (secondary N) is 1. The molecule has 1 N–H and O–H groups in total. The molecule has 0 aliphatic rings. The fraction of sp³-hybridized carbons (Fsp3) is 0.294. The maximum atomic E-state index is 14.2. The molecule has 2 rings (SSSR count). The van der Waals surface area contributed by atoms with Gasteiger partial charge in [-0.1, -0.05) is 25.1 Å². The Morgan fingerprint density at radius 1 is 1.05 bits per heavy atom. The lowest BCUT2D eigenvalue weighted by molar-refractivity contribution is 0.386. The third kappa shape index (κ3) is 3.79. The number of benzene rings is 2. The van der Waals surface area contributed by atoms with Gasteiger partial charge >= 0.3 is 0 Å². The number of hydrogen-bond donors (Lipinski definition) is 1. The topological polar surface area (TPSA) is 21.3 Å². The summed E-state index contributed by atoms with van der Waals surface area (Å²) >= 11 is 0. The zero-order valence-electron chi connectivity index (χ0n) is 12.2. The number of methoxy groups -OCH3 is 1. The van der Waals surface area contributed by atoms with Crippen molar-refractivity contribution < 1.29 is 13.5 Å². The van der Waals surface area contributed by atoms with E-state index in [2.05, 4.69) is 12.2 Å². The van der Waals surface area contributed by atoms with Crippen molar-refractivity contribution in [2.45, 2.75) is 19.9 Å². The van der Waals surface area contributed by atoms with E-state index in [1.165, 1.54) is 25.3 Å². The lowest BCUT2D eigenvalue weighted by atomic mass is 10.0. The summed E-state index contributed by atoms with van der Waals surface area (Å²) in [5, 5.41) is 3.22. The molecule has 2 aromatic carbocycles. The van der Waals surface area contributed by atoms with Crippen molar-refractivity contribution in [2.24, 2.45) is 0 Å². The summed E-state index contributed by atoms with van der Waals surface area (Å²) in [7, 11) is 1.40. The molecule has 0 saturated heterocycles. The van der Waals surface area contributed by atoms with E-state index in [1.54, 1.807) is 12.1 Å². The standard InChI is InChI=1S/C17H19F2NO/c1-3-8-20-11-12-4-6-14(15(18)9-12)13-5-7-17(21-2)16(19)10-13/h4-7,9-10,20H,3,8,11H2,1-2H3. The highest BCUT2D eigenvalue weighted by Crippen LogP contribution is 2.28. The van der Waals surface area contributed by atoms with Gasteiger partial charge in [0.1, 0.15) is 5.82 Å². The van der Waals surface area contributed by atoms with Crippen LogP contribution < -0.4 is 10.1 Å². The number of halogens is 2. The highest BCUT2D eigenvalue weighted by Gasteiger charge is 2.09. The first-order valence-corrected chi connectivity index (χ1v) is 6.98. The first-order chi connectivity index (χ1) is 10.2. The van der Waals surface area contributed by atoms with Crippen LogP contribution in [0.25, 0.3) is 11.1 Å². The molecule has 0 unspecified atom stereocenters. The van der Waals surface area contributed by atoms with E-state index in [4.69, 9.17) is 4.74 Å². The van der Waals surface area contributed by atoms with Gasteiger partial charge in [-0.25, -0.2) is 8.78 Å². The third-order valence-electron chi connectivity index (χ3n) is 3.25. The van der Waals surface area contributed by atoms with Crippen LogP contribution in [-0.2, 0) is 6.54 Å². The third-order valence-corrected chi connectivity index (χ3v) is 3.25. The summed E-state index contributed by atoms with van der Waals surface area (Å²) in [6.45, 7) is 3.60. The smallest absolute Gasteiger partial charge is 0.165 e. The molecule has 0 saturated carbocycles. The van der Waals surface area contributed by atoms with Crippen LogP contribution in [0.1, 0.15) is 18.9 Å². The molecule has 0 atom stereocenters. The van der Waals surface area contributed by atoms with Gasteiger partial charge in [0, 0.05) is 12.1 Å². The van der Waals surface area contributed by atoms with Crippen molar-refractivity contribution in [3.8, 4) is 16.9 Å². The van der Waals surface area contributed by atoms with Crippen molar-refractivity contribution in [1.29, 1.82) is 0 Å². The Bertz CT molecular complexity index is 614. The zero-order valence-corrected chi connectivity index (χ0v) is 12.2. The predicted octanol–water partition coefficient (Wildman–Crippen LogP) is 4.14. The molecule has 0 spiro atoms. The Balaban J connectivity index is 2.22. The van der Waals surface area contributed by atoms with Gasteiger partial charge in [-0.05, 0) is 42.3 Å². The van der Waals surface area contributed by atoms with Crippen LogP contribution in [0.5, 0.6) is 5.75 Å². The normalized spacial score (nSPS) is 10.7. The van der Waals surface area contributed by atoms with Gasteiger partial charge in [0.2, 0.25) is 0 Å². The summed E-state index contributed by atoms with van der Waals surface area (Å²) in [5.74, 6) is -0.696. The molecule has 112 valence electrons. The Morgan fingerprint density at radius 2 is 1.86 bits per heavy atom. The van der Waals surface area contributed by atoms with E-state index in [9.17, 15) is 8.78 Å². The molecule has 2 nitrogen and oxygen atoms in total. The van der Waals surface area contributed by atoms with Crippen LogP contribution in [0.3, 0.4) is 0 Å². The first kappa shape index (κ1) is 15.4. The van der Waals surface area contributed by atoms with Crippen molar-refractivity contribution in [3.63, 3.8) is 0 Å². The minimum Gasteiger partial charge on any atom is -0.494 e. The first-order valence-electron chi connectivity index (χ1n) is 6.98. The maximum absolute atomic E-state index is 14.2. The van der Waals surface area contributed by atoms with Gasteiger partial charge in [-0.15, -0.1) is 0 Å². The largest absolute Gasteiger partial charge is 0.494 e. The molecule has 0 heterocycles. The highest BCUT2D eigenvalue weighted by atomic mass is 19.1. The fourth-order valence-corrected chi connectivity index (χ4v) is 2.15. The molecule has 0 amide bonds. The summed E-state index contributed by atoms with van der Waals surface area (Å²) in [5.41, 5.74) is 1.76. The summed E-state index contributed by atoms with van der Waals surface area (Å²) < 4.78 is 32.7. The van der Waals surface area contributed by atoms with Crippen LogP contribution in [0.4, 0.5) is 8.78 Å². The van der Waals surface area contributed by atoms with Crippen LogP contribution in [0, 0.1) is 11.6 Å². The SMILES string of the molecule is CCCNCc1ccc(-c2ccc(OC)c(F)c2)c(F)c1. The molecule has 4 heteroatoms. The minimum absolute atomic E-state index is 0.152. The Hall–Kier alpha value is -1.94. The molecule has 0 bridgehead atoms. The Labute approximate surface area is 123 Å². The van der Waals surface area contributed by atoms with Gasteiger partial charge in [0.25, 0.3) is 0 Å². The summed E-state index contributed by atoms with van der Waals surface area (Å²) in [4.78, 5) is 0. The Morgan fingerprint density at radius 3 is 2.48 bits per heavy atom. The molecule has 0 aliphatic carbocycles. The second-order valence-corrected chi connectivity index (χ2v) is 4.84. The average molecular weight is 291 g/mol. The second kappa shape index (κ2) is 7.18. The van der Waals surface area contributed by atoms with Crippen molar-refractivity contribution >= 4 is 0 Å². The molecule has 0 aromatic heterocycles. The number of rotatable bonds is 6. The van der Waals surface area contributed by atoms with Crippen molar-refractivity contribution in [2.75, 3.05) is 13.7 Å². The molecular formula is C17H19F2NO. The number of ether oxygens (including phenoxy) is 1. The van der Waals surface area contributed by atoms with E-state index in [0.29, 0.717) is 17.7 Å². The molecule has 0 fully saturated rings. The highest BCUT2D eigenvalue weighted by molar-refractivity contribution is 5.65. The van der Waals surface area contributed by atoms with Gasteiger partial charge in [-0.3, -0.25) is 0 Å². The zero-order chi connectivity index (χ0) is 15.2. The predicted molar refractivity (Wildman–Crippen MR) is 80.3 cm³/mol. The molecule has 2 aromatic rings. The van der Waals surface area contributed by atoms with E-state index in [0.717, 1.165) is 18.5 Å². The molecule has 0 radical (unpaired) electrons. The Kier molecular flexibility index (Phi) is 5.28. The molecule has 0 aliphatic heterocycles. The van der Waals surface area contributed by atoms with Gasteiger partial charge in [0.05, 0.1) is 7.11 Å². The lowest BCUT2D eigenvalue weighted by Gasteiger charge is -2.09. The van der Waals surface area contributed by atoms with Crippen LogP contribution in [-0.4, -0.2) is 13.7 Å². The monoisotopic (exact) mass is 291 g/mol. The minimum atomic E-state index is -0.497. The second-order valence-electron chi connectivity index (χ2n) is 4.84. The van der Waals surface area contributed by atoms with Crippen LogP contribution in [0.2, 0.25) is 0 Å². The van der Waals surface area contributed by atoms with E-state index >= 15 is 0 Å². The van der Waals surface area contributed by atoms with Gasteiger partial charge in [-0.2, -0.15) is 0 Å². The summed E-state index contributed by atoms with van der Waals surface area (Å²) in [6, 6.07) is 9.45. The number of hydrogen-bond acceptors (Lipinski definition) is 2. The summed E-state index contributed by atoms with van der Waals surface area (Å²) in [6.07, 6.45) is 1.03. The molecular weight excluding hydrogens is 272 g/mol. The van der Waals surface area contributed by atoms with Gasteiger partial charge < -0.3 is 10.1 Å². The fourth-order valence-electron chi connectivity index (χ4n) is 2.15. The van der Waals surface area contributed by atoms with Crippen LogP contribution in [0.15, 0.2) is 36.4 Å². The lowest BCUT2D eigenvalue weighted by Crippen LogP contribution is -2.13. The van der Waals surface area contributed by atoms with E-state index in [-0.39, 0.29) is 11.6 Å². The van der Waals surface area contributed by atoms with Crippen molar-refractivity contribution in [1.82, 2.24) is 5.32 Å². The average Bonchev–Trinajstić information content (AvgIpc) is 2.47. The quantitative estimate of drug-likeness (QED) is 0.808. The maximum Gasteiger partial charge on any atom is 0.165 e. The molecule has 21 heavy (non-hydrogen) atoms. The van der Waals surface area contributed by atoms with Crippen LogP contribution >= 0.6 is 0 Å². The van der Waals surface area contributed by atoms with E-state index < -0.39 is 5.82 Å². The van der Waals surface area contributed by atoms with Gasteiger partial charge in [0.15, 0.2) is 11.6 Å². The van der Waals surface area contributed by atoms with Crippen molar-refractivity contribution in [3.05, 3.63) is 53.6 Å². The van der Waals surface area contributed by atoms with E-state index in [1.807, 2.05) is 6.07 Å².